The SMILES string of the molecule is CCCCCCCCCCCOCCOCCOCCCC(=O)OCC(CC)CCCC. The first-order chi connectivity index (χ1) is 15.7. The summed E-state index contributed by atoms with van der Waals surface area (Å²) in [6, 6.07) is 0. The summed E-state index contributed by atoms with van der Waals surface area (Å²) >= 11 is 0. The Bertz CT molecular complexity index is 375. The standard InChI is InChI=1S/C27H54O5/c1-4-7-9-10-11-12-13-14-15-19-29-21-23-31-24-22-30-20-16-18-27(28)32-25-26(6-3)17-8-5-2/h26H,4-25H2,1-3H3. The summed E-state index contributed by atoms with van der Waals surface area (Å²) in [5.41, 5.74) is 0. The fourth-order valence-electron chi connectivity index (χ4n) is 3.56. The Labute approximate surface area is 199 Å². The lowest BCUT2D eigenvalue weighted by Gasteiger charge is -2.14. The number of hydrogen-bond acceptors (Lipinski definition) is 5. The Morgan fingerprint density at radius 2 is 1.09 bits per heavy atom. The second kappa shape index (κ2) is 26.6. The molecule has 5 heteroatoms. The topological polar surface area (TPSA) is 54.0 Å². The molecule has 5 nitrogen and oxygen atoms in total. The van der Waals surface area contributed by atoms with Gasteiger partial charge in [0.2, 0.25) is 0 Å². The molecular formula is C27H54O5. The third kappa shape index (κ3) is 24.0. The zero-order chi connectivity index (χ0) is 23.5. The Hall–Kier alpha value is -0.650. The van der Waals surface area contributed by atoms with Gasteiger partial charge in [-0.2, -0.15) is 0 Å². The number of carbonyl (C=O) groups excluding carboxylic acids is 1. The molecule has 0 saturated carbocycles. The highest BCUT2D eigenvalue weighted by Gasteiger charge is 2.09. The quantitative estimate of drug-likeness (QED) is 0.102. The minimum absolute atomic E-state index is 0.107. The van der Waals surface area contributed by atoms with Crippen LogP contribution < -0.4 is 0 Å². The number of ether oxygens (including phenoxy) is 4. The van der Waals surface area contributed by atoms with Crippen LogP contribution in [0.2, 0.25) is 0 Å². The van der Waals surface area contributed by atoms with E-state index in [1.165, 1.54) is 64.2 Å². The third-order valence-electron chi connectivity index (χ3n) is 5.83. The molecule has 0 aromatic rings. The molecule has 0 bridgehead atoms. The van der Waals surface area contributed by atoms with E-state index < -0.39 is 0 Å². The van der Waals surface area contributed by atoms with Crippen molar-refractivity contribution in [3.63, 3.8) is 0 Å². The van der Waals surface area contributed by atoms with E-state index in [0.29, 0.717) is 58.4 Å². The highest BCUT2D eigenvalue weighted by molar-refractivity contribution is 5.69. The summed E-state index contributed by atoms with van der Waals surface area (Å²) < 4.78 is 22.1. The number of unbranched alkanes of at least 4 members (excludes halogenated alkanes) is 9. The average molecular weight is 459 g/mol. The van der Waals surface area contributed by atoms with Crippen molar-refractivity contribution in [1.82, 2.24) is 0 Å². The first kappa shape index (κ1) is 31.4. The summed E-state index contributed by atoms with van der Waals surface area (Å²) in [6.45, 7) is 11.0. The van der Waals surface area contributed by atoms with E-state index in [9.17, 15) is 4.79 Å². The molecule has 0 radical (unpaired) electrons. The van der Waals surface area contributed by atoms with Gasteiger partial charge in [0, 0.05) is 19.6 Å². The second-order valence-electron chi connectivity index (χ2n) is 8.87. The largest absolute Gasteiger partial charge is 0.465 e. The van der Waals surface area contributed by atoms with Gasteiger partial charge < -0.3 is 18.9 Å². The van der Waals surface area contributed by atoms with Crippen LogP contribution in [-0.4, -0.2) is 52.2 Å². The van der Waals surface area contributed by atoms with Crippen LogP contribution >= 0.6 is 0 Å². The Balaban J connectivity index is 3.22. The zero-order valence-corrected chi connectivity index (χ0v) is 21.7. The monoisotopic (exact) mass is 458 g/mol. The van der Waals surface area contributed by atoms with Gasteiger partial charge in [-0.15, -0.1) is 0 Å². The highest BCUT2D eigenvalue weighted by atomic mass is 16.5. The zero-order valence-electron chi connectivity index (χ0n) is 21.7. The second-order valence-corrected chi connectivity index (χ2v) is 8.87. The van der Waals surface area contributed by atoms with Crippen LogP contribution in [0.4, 0.5) is 0 Å². The Morgan fingerprint density at radius 1 is 0.594 bits per heavy atom. The molecule has 0 rings (SSSR count). The third-order valence-corrected chi connectivity index (χ3v) is 5.83. The van der Waals surface area contributed by atoms with E-state index in [1.807, 2.05) is 0 Å². The maximum absolute atomic E-state index is 11.8. The Kier molecular flexibility index (Phi) is 26.1. The van der Waals surface area contributed by atoms with Crippen molar-refractivity contribution in [3.05, 3.63) is 0 Å². The van der Waals surface area contributed by atoms with Crippen LogP contribution in [0.5, 0.6) is 0 Å². The van der Waals surface area contributed by atoms with Crippen LogP contribution in [0.1, 0.15) is 117 Å². The molecule has 0 aliphatic rings. The fourth-order valence-corrected chi connectivity index (χ4v) is 3.56. The molecule has 0 amide bonds. The van der Waals surface area contributed by atoms with E-state index >= 15 is 0 Å². The van der Waals surface area contributed by atoms with Crippen LogP contribution in [0.3, 0.4) is 0 Å². The molecule has 0 aliphatic heterocycles. The molecule has 32 heavy (non-hydrogen) atoms. The minimum Gasteiger partial charge on any atom is -0.465 e. The van der Waals surface area contributed by atoms with E-state index in [0.717, 1.165) is 25.9 Å². The summed E-state index contributed by atoms with van der Waals surface area (Å²) in [4.78, 5) is 11.8. The molecule has 0 N–H and O–H groups in total. The molecule has 192 valence electrons. The molecule has 0 saturated heterocycles. The summed E-state index contributed by atoms with van der Waals surface area (Å²) in [6.07, 6.45) is 17.8. The van der Waals surface area contributed by atoms with Gasteiger partial charge in [-0.1, -0.05) is 91.4 Å². The minimum atomic E-state index is -0.107. The van der Waals surface area contributed by atoms with Crippen molar-refractivity contribution < 1.29 is 23.7 Å². The van der Waals surface area contributed by atoms with Gasteiger partial charge in [-0.3, -0.25) is 4.79 Å². The van der Waals surface area contributed by atoms with E-state index in [-0.39, 0.29) is 5.97 Å². The lowest BCUT2D eigenvalue weighted by Crippen LogP contribution is -2.14. The molecule has 0 aromatic heterocycles. The molecule has 0 fully saturated rings. The fraction of sp³-hybridized carbons (Fsp3) is 0.963. The molecular weight excluding hydrogens is 404 g/mol. The van der Waals surface area contributed by atoms with Gasteiger partial charge >= 0.3 is 5.97 Å². The predicted molar refractivity (Wildman–Crippen MR) is 133 cm³/mol. The molecule has 1 atom stereocenters. The van der Waals surface area contributed by atoms with Gasteiger partial charge in [-0.05, 0) is 25.2 Å². The molecule has 0 aromatic carbocycles. The summed E-state index contributed by atoms with van der Waals surface area (Å²) in [7, 11) is 0. The smallest absolute Gasteiger partial charge is 0.305 e. The average Bonchev–Trinajstić information content (AvgIpc) is 2.80. The van der Waals surface area contributed by atoms with Crippen LogP contribution in [0, 0.1) is 5.92 Å². The van der Waals surface area contributed by atoms with Crippen LogP contribution in [0.15, 0.2) is 0 Å². The summed E-state index contributed by atoms with van der Waals surface area (Å²) in [5.74, 6) is 0.394. The predicted octanol–water partition coefficient (Wildman–Crippen LogP) is 7.11. The Morgan fingerprint density at radius 3 is 1.66 bits per heavy atom. The highest BCUT2D eigenvalue weighted by Crippen LogP contribution is 2.13. The van der Waals surface area contributed by atoms with Crippen molar-refractivity contribution in [2.45, 2.75) is 117 Å². The van der Waals surface area contributed by atoms with Crippen LogP contribution in [-0.2, 0) is 23.7 Å². The molecule has 1 unspecified atom stereocenters. The number of esters is 1. The van der Waals surface area contributed by atoms with Crippen LogP contribution in [0.25, 0.3) is 0 Å². The number of carbonyl (C=O) groups is 1. The summed E-state index contributed by atoms with van der Waals surface area (Å²) in [5, 5.41) is 0. The maximum Gasteiger partial charge on any atom is 0.305 e. The van der Waals surface area contributed by atoms with E-state index in [4.69, 9.17) is 18.9 Å². The van der Waals surface area contributed by atoms with Crippen molar-refractivity contribution in [3.8, 4) is 0 Å². The van der Waals surface area contributed by atoms with Gasteiger partial charge in [0.25, 0.3) is 0 Å². The lowest BCUT2D eigenvalue weighted by molar-refractivity contribution is -0.145. The number of rotatable bonds is 26. The van der Waals surface area contributed by atoms with E-state index in [2.05, 4.69) is 20.8 Å². The van der Waals surface area contributed by atoms with Crippen molar-refractivity contribution in [1.29, 1.82) is 0 Å². The van der Waals surface area contributed by atoms with Gasteiger partial charge in [0.1, 0.15) is 0 Å². The van der Waals surface area contributed by atoms with Gasteiger partial charge in [0.15, 0.2) is 0 Å². The van der Waals surface area contributed by atoms with Crippen molar-refractivity contribution in [2.24, 2.45) is 5.92 Å². The van der Waals surface area contributed by atoms with Crippen molar-refractivity contribution in [2.75, 3.05) is 46.2 Å². The number of hydrogen-bond donors (Lipinski definition) is 0. The lowest BCUT2D eigenvalue weighted by atomic mass is 10.0. The normalized spacial score (nSPS) is 12.2. The van der Waals surface area contributed by atoms with Gasteiger partial charge in [0.05, 0.1) is 33.0 Å². The molecule has 0 aliphatic carbocycles. The van der Waals surface area contributed by atoms with Crippen molar-refractivity contribution >= 4 is 5.97 Å². The van der Waals surface area contributed by atoms with Gasteiger partial charge in [-0.25, -0.2) is 0 Å². The maximum atomic E-state index is 11.8. The first-order valence-electron chi connectivity index (χ1n) is 13.6. The first-order valence-corrected chi connectivity index (χ1v) is 13.6. The molecule has 0 heterocycles. The van der Waals surface area contributed by atoms with E-state index in [1.54, 1.807) is 0 Å². The molecule has 0 spiro atoms.